The van der Waals surface area contributed by atoms with Crippen molar-refractivity contribution in [2.75, 3.05) is 37.8 Å². The van der Waals surface area contributed by atoms with E-state index < -0.39 is 4.92 Å². The SMILES string of the molecule is CC1CN(c2cccc(N)c2[N+](=O)[O-])CC1N(C)C. The van der Waals surface area contributed by atoms with Crippen LogP contribution in [0.1, 0.15) is 6.92 Å². The third-order valence-corrected chi connectivity index (χ3v) is 3.81. The molecule has 0 saturated carbocycles. The lowest BCUT2D eigenvalue weighted by molar-refractivity contribution is -0.383. The molecule has 1 heterocycles. The van der Waals surface area contributed by atoms with E-state index in [1.807, 2.05) is 14.1 Å². The molecule has 0 bridgehead atoms. The van der Waals surface area contributed by atoms with E-state index in [4.69, 9.17) is 5.73 Å². The van der Waals surface area contributed by atoms with Gasteiger partial charge in [0.05, 0.1) is 4.92 Å². The van der Waals surface area contributed by atoms with Gasteiger partial charge in [0, 0.05) is 19.1 Å². The molecular formula is C13H20N4O2. The van der Waals surface area contributed by atoms with Gasteiger partial charge in [0.15, 0.2) is 0 Å². The number of rotatable bonds is 3. The highest BCUT2D eigenvalue weighted by Gasteiger charge is 2.34. The van der Waals surface area contributed by atoms with Crippen molar-refractivity contribution in [3.63, 3.8) is 0 Å². The highest BCUT2D eigenvalue weighted by molar-refractivity contribution is 5.75. The average Bonchev–Trinajstić information content (AvgIpc) is 2.70. The fourth-order valence-electron chi connectivity index (χ4n) is 2.82. The lowest BCUT2D eigenvalue weighted by Gasteiger charge is -2.23. The molecule has 6 heteroatoms. The molecule has 19 heavy (non-hydrogen) atoms. The van der Waals surface area contributed by atoms with Crippen molar-refractivity contribution in [2.24, 2.45) is 5.92 Å². The molecule has 2 rings (SSSR count). The van der Waals surface area contributed by atoms with Crippen molar-refractivity contribution in [1.82, 2.24) is 4.90 Å². The Kier molecular flexibility index (Phi) is 3.61. The van der Waals surface area contributed by atoms with Gasteiger partial charge in [-0.3, -0.25) is 10.1 Å². The lowest BCUT2D eigenvalue weighted by Crippen LogP contribution is -2.34. The summed E-state index contributed by atoms with van der Waals surface area (Å²) in [7, 11) is 4.08. The molecule has 1 aromatic carbocycles. The van der Waals surface area contributed by atoms with Crippen LogP contribution in [0.2, 0.25) is 0 Å². The van der Waals surface area contributed by atoms with Gasteiger partial charge in [-0.2, -0.15) is 0 Å². The zero-order chi connectivity index (χ0) is 14.2. The lowest BCUT2D eigenvalue weighted by atomic mass is 10.1. The van der Waals surface area contributed by atoms with Crippen molar-refractivity contribution in [3.8, 4) is 0 Å². The Balaban J connectivity index is 2.34. The van der Waals surface area contributed by atoms with E-state index in [2.05, 4.69) is 16.7 Å². The number of nitro groups is 1. The van der Waals surface area contributed by atoms with Crippen LogP contribution in [-0.2, 0) is 0 Å². The molecular weight excluding hydrogens is 244 g/mol. The van der Waals surface area contributed by atoms with Gasteiger partial charge in [0.25, 0.3) is 0 Å². The van der Waals surface area contributed by atoms with Gasteiger partial charge in [-0.05, 0) is 32.1 Å². The highest BCUT2D eigenvalue weighted by atomic mass is 16.6. The number of hydrogen-bond donors (Lipinski definition) is 1. The normalized spacial score (nSPS) is 23.1. The first-order valence-electron chi connectivity index (χ1n) is 6.36. The third kappa shape index (κ3) is 2.49. The summed E-state index contributed by atoms with van der Waals surface area (Å²) >= 11 is 0. The minimum Gasteiger partial charge on any atom is -0.393 e. The summed E-state index contributed by atoms with van der Waals surface area (Å²) in [5, 5.41) is 11.2. The van der Waals surface area contributed by atoms with Gasteiger partial charge in [-0.25, -0.2) is 0 Å². The van der Waals surface area contributed by atoms with Crippen molar-refractivity contribution in [3.05, 3.63) is 28.3 Å². The largest absolute Gasteiger partial charge is 0.393 e. The smallest absolute Gasteiger partial charge is 0.315 e. The van der Waals surface area contributed by atoms with Crippen molar-refractivity contribution >= 4 is 17.1 Å². The molecule has 1 aromatic rings. The number of likely N-dealkylation sites (N-methyl/N-ethyl adjacent to an activating group) is 1. The summed E-state index contributed by atoms with van der Waals surface area (Å²) in [5.74, 6) is 0.469. The third-order valence-electron chi connectivity index (χ3n) is 3.81. The average molecular weight is 264 g/mol. The zero-order valence-corrected chi connectivity index (χ0v) is 11.5. The molecule has 0 aliphatic carbocycles. The number of nitrogens with two attached hydrogens (primary N) is 1. The summed E-state index contributed by atoms with van der Waals surface area (Å²) in [6.07, 6.45) is 0. The highest BCUT2D eigenvalue weighted by Crippen LogP contribution is 2.36. The second kappa shape index (κ2) is 5.05. The van der Waals surface area contributed by atoms with Crippen LogP contribution >= 0.6 is 0 Å². The second-order valence-electron chi connectivity index (χ2n) is 5.39. The fraction of sp³-hybridized carbons (Fsp3) is 0.538. The first-order chi connectivity index (χ1) is 8.91. The van der Waals surface area contributed by atoms with Gasteiger partial charge >= 0.3 is 5.69 Å². The summed E-state index contributed by atoms with van der Waals surface area (Å²) in [6.45, 7) is 3.77. The molecule has 2 atom stereocenters. The number of hydrogen-bond acceptors (Lipinski definition) is 5. The maximum atomic E-state index is 11.2. The molecule has 1 aliphatic rings. The minimum atomic E-state index is -0.391. The first kappa shape index (κ1) is 13.6. The van der Waals surface area contributed by atoms with Crippen LogP contribution in [0, 0.1) is 16.0 Å². The van der Waals surface area contributed by atoms with Gasteiger partial charge in [0.1, 0.15) is 11.4 Å². The Morgan fingerprint density at radius 3 is 2.63 bits per heavy atom. The van der Waals surface area contributed by atoms with Gasteiger partial charge in [0.2, 0.25) is 0 Å². The molecule has 0 spiro atoms. The molecule has 1 saturated heterocycles. The topological polar surface area (TPSA) is 75.6 Å². The first-order valence-corrected chi connectivity index (χ1v) is 6.36. The van der Waals surface area contributed by atoms with Crippen molar-refractivity contribution < 1.29 is 4.92 Å². The maximum absolute atomic E-state index is 11.2. The van der Waals surface area contributed by atoms with Crippen molar-refractivity contribution in [2.45, 2.75) is 13.0 Å². The fourth-order valence-corrected chi connectivity index (χ4v) is 2.82. The van der Waals surface area contributed by atoms with Crippen LogP contribution in [0.15, 0.2) is 18.2 Å². The van der Waals surface area contributed by atoms with E-state index in [9.17, 15) is 10.1 Å². The number of anilines is 2. The predicted molar refractivity (Wildman–Crippen MR) is 76.4 cm³/mol. The minimum absolute atomic E-state index is 0.0223. The molecule has 104 valence electrons. The quantitative estimate of drug-likeness (QED) is 0.509. The Labute approximate surface area is 112 Å². The molecule has 0 aromatic heterocycles. The number of para-hydroxylation sites is 1. The molecule has 1 aliphatic heterocycles. The molecule has 0 radical (unpaired) electrons. The summed E-state index contributed by atoms with van der Waals surface area (Å²) in [4.78, 5) is 15.0. The Morgan fingerprint density at radius 1 is 1.42 bits per heavy atom. The van der Waals surface area contributed by atoms with Crippen LogP contribution < -0.4 is 10.6 Å². The predicted octanol–water partition coefficient (Wildman–Crippen LogP) is 1.56. The van der Waals surface area contributed by atoms with Crippen LogP contribution in [0.4, 0.5) is 17.1 Å². The zero-order valence-electron chi connectivity index (χ0n) is 11.5. The summed E-state index contributed by atoms with van der Waals surface area (Å²) in [5.41, 5.74) is 6.61. The molecule has 6 nitrogen and oxygen atoms in total. The van der Waals surface area contributed by atoms with E-state index in [1.54, 1.807) is 18.2 Å². The standard InChI is InChI=1S/C13H20N4O2/c1-9-7-16(8-12(9)15(2)3)11-6-4-5-10(14)13(11)17(18)19/h4-6,9,12H,7-8,14H2,1-3H3. The molecule has 2 N–H and O–H groups in total. The van der Waals surface area contributed by atoms with E-state index in [0.29, 0.717) is 17.6 Å². The summed E-state index contributed by atoms with van der Waals surface area (Å²) in [6, 6.07) is 5.52. The summed E-state index contributed by atoms with van der Waals surface area (Å²) < 4.78 is 0. The van der Waals surface area contributed by atoms with E-state index in [-0.39, 0.29) is 11.4 Å². The van der Waals surface area contributed by atoms with E-state index in [1.165, 1.54) is 0 Å². The monoisotopic (exact) mass is 264 g/mol. The van der Waals surface area contributed by atoms with E-state index in [0.717, 1.165) is 13.1 Å². The maximum Gasteiger partial charge on any atom is 0.315 e. The van der Waals surface area contributed by atoms with E-state index >= 15 is 0 Å². The van der Waals surface area contributed by atoms with Crippen LogP contribution in [0.5, 0.6) is 0 Å². The van der Waals surface area contributed by atoms with Gasteiger partial charge in [-0.15, -0.1) is 0 Å². The Morgan fingerprint density at radius 2 is 2.11 bits per heavy atom. The molecule has 2 unspecified atom stereocenters. The van der Waals surface area contributed by atoms with Crippen LogP contribution in [-0.4, -0.2) is 43.0 Å². The Bertz CT molecular complexity index is 490. The Hall–Kier alpha value is -1.82. The van der Waals surface area contributed by atoms with Crippen LogP contribution in [0.3, 0.4) is 0 Å². The molecule has 0 amide bonds. The number of nitrogen functional groups attached to an aromatic ring is 1. The van der Waals surface area contributed by atoms with Gasteiger partial charge < -0.3 is 15.5 Å². The van der Waals surface area contributed by atoms with Gasteiger partial charge in [-0.1, -0.05) is 13.0 Å². The molecule has 1 fully saturated rings. The van der Waals surface area contributed by atoms with Crippen molar-refractivity contribution in [1.29, 1.82) is 0 Å². The number of benzene rings is 1. The van der Waals surface area contributed by atoms with Crippen LogP contribution in [0.25, 0.3) is 0 Å². The second-order valence-corrected chi connectivity index (χ2v) is 5.39. The number of nitro benzene ring substituents is 1. The number of nitrogens with zero attached hydrogens (tertiary/aromatic N) is 3.